The van der Waals surface area contributed by atoms with Crippen LogP contribution in [0.25, 0.3) is 0 Å². The third kappa shape index (κ3) is 6.72. The van der Waals surface area contributed by atoms with Crippen molar-refractivity contribution in [3.8, 4) is 23.0 Å². The smallest absolute Gasteiger partial charge is 0.278 e. The SMILES string of the molecule is CCOc1ccc(CC2c3cc(OCC)c(OCC)cc3CCN2C(=O)C[NH+]2CCOCC2)cc1OCC. The molecule has 208 valence electrons. The van der Waals surface area contributed by atoms with E-state index in [0.717, 1.165) is 53.6 Å². The van der Waals surface area contributed by atoms with E-state index in [4.69, 9.17) is 23.7 Å². The van der Waals surface area contributed by atoms with Crippen LogP contribution in [0.5, 0.6) is 23.0 Å². The van der Waals surface area contributed by atoms with E-state index < -0.39 is 0 Å². The monoisotopic (exact) mass is 527 g/mol. The minimum atomic E-state index is -0.117. The molecule has 0 bridgehead atoms. The van der Waals surface area contributed by atoms with Gasteiger partial charge in [0.1, 0.15) is 13.1 Å². The highest BCUT2D eigenvalue weighted by Gasteiger charge is 2.34. The van der Waals surface area contributed by atoms with E-state index in [2.05, 4.69) is 29.2 Å². The zero-order valence-corrected chi connectivity index (χ0v) is 23.3. The van der Waals surface area contributed by atoms with Crippen LogP contribution in [0, 0.1) is 0 Å². The lowest BCUT2D eigenvalue weighted by atomic mass is 9.88. The van der Waals surface area contributed by atoms with Crippen LogP contribution in [0.2, 0.25) is 0 Å². The van der Waals surface area contributed by atoms with Crippen LogP contribution in [0.3, 0.4) is 0 Å². The molecule has 38 heavy (non-hydrogen) atoms. The fourth-order valence-corrected chi connectivity index (χ4v) is 5.36. The number of hydrogen-bond donors (Lipinski definition) is 1. The standard InChI is InChI=1S/C30H42N2O6/c1-5-35-26-10-9-22(18-27(26)36-6-2)17-25-24-20-29(38-8-4)28(37-7-3)19-23(24)11-12-32(25)30(33)21-31-13-15-34-16-14-31/h9-10,18-20,25H,5-8,11-17,21H2,1-4H3/p+1. The van der Waals surface area contributed by atoms with Gasteiger partial charge in [-0.1, -0.05) is 6.07 Å². The molecule has 2 aromatic carbocycles. The summed E-state index contributed by atoms with van der Waals surface area (Å²) in [5, 5.41) is 0. The van der Waals surface area contributed by atoms with E-state index in [0.29, 0.717) is 59.2 Å². The predicted octanol–water partition coefficient (Wildman–Crippen LogP) is 2.87. The average molecular weight is 528 g/mol. The minimum absolute atomic E-state index is 0.117. The van der Waals surface area contributed by atoms with Crippen LogP contribution >= 0.6 is 0 Å². The average Bonchev–Trinajstić information content (AvgIpc) is 2.92. The number of rotatable bonds is 12. The van der Waals surface area contributed by atoms with Gasteiger partial charge in [0.15, 0.2) is 29.5 Å². The first-order valence-corrected chi connectivity index (χ1v) is 14.1. The molecule has 1 N–H and O–H groups in total. The van der Waals surface area contributed by atoms with Crippen LogP contribution in [-0.4, -0.2) is 76.6 Å². The maximum Gasteiger partial charge on any atom is 0.278 e. The summed E-state index contributed by atoms with van der Waals surface area (Å²) in [7, 11) is 0. The zero-order valence-electron chi connectivity index (χ0n) is 23.3. The third-order valence-corrected chi connectivity index (χ3v) is 7.12. The van der Waals surface area contributed by atoms with Gasteiger partial charge in [0.05, 0.1) is 45.7 Å². The van der Waals surface area contributed by atoms with Gasteiger partial charge in [0.25, 0.3) is 5.91 Å². The number of carbonyl (C=O) groups is 1. The van der Waals surface area contributed by atoms with Crippen molar-refractivity contribution in [2.24, 2.45) is 0 Å². The third-order valence-electron chi connectivity index (χ3n) is 7.12. The van der Waals surface area contributed by atoms with Gasteiger partial charge in [0, 0.05) is 6.54 Å². The second-order valence-corrected chi connectivity index (χ2v) is 9.61. The Bertz CT molecular complexity index is 1070. The van der Waals surface area contributed by atoms with Gasteiger partial charge < -0.3 is 33.5 Å². The number of amides is 1. The largest absolute Gasteiger partial charge is 0.490 e. The molecule has 0 saturated carbocycles. The van der Waals surface area contributed by atoms with Crippen LogP contribution in [0.1, 0.15) is 50.4 Å². The van der Waals surface area contributed by atoms with E-state index in [1.54, 1.807) is 0 Å². The highest BCUT2D eigenvalue weighted by atomic mass is 16.5. The first-order valence-electron chi connectivity index (χ1n) is 14.1. The van der Waals surface area contributed by atoms with E-state index >= 15 is 0 Å². The van der Waals surface area contributed by atoms with Crippen molar-refractivity contribution >= 4 is 5.91 Å². The Balaban J connectivity index is 1.69. The number of nitrogens with one attached hydrogen (secondary N) is 1. The number of nitrogens with zero attached hydrogens (tertiary/aromatic N) is 1. The highest BCUT2D eigenvalue weighted by Crippen LogP contribution is 2.40. The summed E-state index contributed by atoms with van der Waals surface area (Å²) in [6.07, 6.45) is 1.46. The fourth-order valence-electron chi connectivity index (χ4n) is 5.36. The second kappa shape index (κ2) is 13.7. The Morgan fingerprint density at radius 2 is 1.47 bits per heavy atom. The number of hydrogen-bond acceptors (Lipinski definition) is 6. The normalized spacial score (nSPS) is 17.6. The Morgan fingerprint density at radius 1 is 0.868 bits per heavy atom. The molecule has 2 aliphatic rings. The summed E-state index contributed by atoms with van der Waals surface area (Å²) < 4.78 is 29.1. The molecule has 0 spiro atoms. The molecule has 1 unspecified atom stereocenters. The van der Waals surface area contributed by atoms with Gasteiger partial charge in [-0.25, -0.2) is 0 Å². The van der Waals surface area contributed by atoms with E-state index in [1.165, 1.54) is 10.5 Å². The van der Waals surface area contributed by atoms with Gasteiger partial charge in [0.2, 0.25) is 0 Å². The fraction of sp³-hybridized carbons (Fsp3) is 0.567. The molecular weight excluding hydrogens is 484 g/mol. The maximum atomic E-state index is 13.7. The number of carbonyl (C=O) groups excluding carboxylic acids is 1. The Labute approximate surface area is 226 Å². The van der Waals surface area contributed by atoms with Crippen LogP contribution < -0.4 is 23.8 Å². The lowest BCUT2D eigenvalue weighted by Gasteiger charge is -2.39. The quantitative estimate of drug-likeness (QED) is 0.458. The van der Waals surface area contributed by atoms with Crippen molar-refractivity contribution < 1.29 is 33.4 Å². The Morgan fingerprint density at radius 3 is 2.13 bits per heavy atom. The molecule has 2 heterocycles. The summed E-state index contributed by atoms with van der Waals surface area (Å²) in [4.78, 5) is 17.1. The molecule has 1 fully saturated rings. The van der Waals surface area contributed by atoms with Crippen molar-refractivity contribution in [3.05, 3.63) is 47.0 Å². The number of fused-ring (bicyclic) bond motifs is 1. The molecule has 1 atom stereocenters. The molecule has 1 amide bonds. The lowest BCUT2D eigenvalue weighted by Crippen LogP contribution is -3.15. The van der Waals surface area contributed by atoms with Crippen molar-refractivity contribution in [2.75, 3.05) is 65.8 Å². The molecule has 0 aliphatic carbocycles. The van der Waals surface area contributed by atoms with Crippen molar-refractivity contribution in [3.63, 3.8) is 0 Å². The van der Waals surface area contributed by atoms with Gasteiger partial charge in [-0.2, -0.15) is 0 Å². The topological polar surface area (TPSA) is 70.9 Å². The molecule has 1 saturated heterocycles. The van der Waals surface area contributed by atoms with Crippen LogP contribution in [0.15, 0.2) is 30.3 Å². The van der Waals surface area contributed by atoms with Crippen molar-refractivity contribution in [2.45, 2.75) is 46.6 Å². The Kier molecular flexibility index (Phi) is 10.1. The minimum Gasteiger partial charge on any atom is -0.490 e. The first kappa shape index (κ1) is 28.0. The molecule has 4 rings (SSSR count). The zero-order chi connectivity index (χ0) is 26.9. The summed E-state index contributed by atoms with van der Waals surface area (Å²) in [6.45, 7) is 14.4. The second-order valence-electron chi connectivity index (χ2n) is 9.61. The number of quaternary nitrogens is 1. The maximum absolute atomic E-state index is 13.7. The Hall–Kier alpha value is -2.97. The van der Waals surface area contributed by atoms with Gasteiger partial charge >= 0.3 is 0 Å². The van der Waals surface area contributed by atoms with Gasteiger partial charge in [-0.3, -0.25) is 4.79 Å². The van der Waals surface area contributed by atoms with E-state index in [1.807, 2.05) is 33.8 Å². The van der Waals surface area contributed by atoms with Crippen LogP contribution in [0.4, 0.5) is 0 Å². The van der Waals surface area contributed by atoms with Crippen LogP contribution in [-0.2, 0) is 22.4 Å². The molecule has 0 aromatic heterocycles. The number of morpholine rings is 1. The molecule has 2 aliphatic heterocycles. The molecule has 0 radical (unpaired) electrons. The van der Waals surface area contributed by atoms with Crippen molar-refractivity contribution in [1.82, 2.24) is 4.90 Å². The number of ether oxygens (including phenoxy) is 5. The number of benzene rings is 2. The molecule has 2 aromatic rings. The van der Waals surface area contributed by atoms with Gasteiger partial charge in [-0.05, 0) is 81.5 Å². The molecule has 8 nitrogen and oxygen atoms in total. The predicted molar refractivity (Wildman–Crippen MR) is 146 cm³/mol. The summed E-state index contributed by atoms with van der Waals surface area (Å²) in [5.41, 5.74) is 3.43. The lowest BCUT2D eigenvalue weighted by molar-refractivity contribution is -0.900. The first-order chi connectivity index (χ1) is 18.6. The molecule has 8 heteroatoms. The van der Waals surface area contributed by atoms with E-state index in [9.17, 15) is 4.79 Å². The van der Waals surface area contributed by atoms with Gasteiger partial charge in [-0.15, -0.1) is 0 Å². The summed E-state index contributed by atoms with van der Waals surface area (Å²) >= 11 is 0. The summed E-state index contributed by atoms with van der Waals surface area (Å²) in [5.74, 6) is 3.16. The molecular formula is C30H43N2O6+. The van der Waals surface area contributed by atoms with E-state index in [-0.39, 0.29) is 11.9 Å². The summed E-state index contributed by atoms with van der Waals surface area (Å²) in [6, 6.07) is 10.2. The van der Waals surface area contributed by atoms with Crippen molar-refractivity contribution in [1.29, 1.82) is 0 Å². The highest BCUT2D eigenvalue weighted by molar-refractivity contribution is 5.78.